The first-order chi connectivity index (χ1) is 12.7. The quantitative estimate of drug-likeness (QED) is 0.225. The van der Waals surface area contributed by atoms with Crippen molar-refractivity contribution >= 4 is 69.6 Å². The number of hydrogen-bond donors (Lipinski definition) is 1. The van der Waals surface area contributed by atoms with Crippen LogP contribution in [-0.2, 0) is 34.1 Å². The maximum absolute atomic E-state index is 12.1. The van der Waals surface area contributed by atoms with Crippen molar-refractivity contribution in [2.45, 2.75) is 6.42 Å². The van der Waals surface area contributed by atoms with E-state index in [4.69, 9.17) is 69.6 Å². The topological polar surface area (TPSA) is 43.3 Å². The van der Waals surface area contributed by atoms with Crippen LogP contribution in [0.4, 0.5) is 0 Å². The molecular weight excluding hydrogens is 674 g/mol. The molecule has 2 radical (unpaired) electrons. The molecule has 0 fully saturated rings. The van der Waals surface area contributed by atoms with E-state index in [1.807, 2.05) is 30.3 Å². The molecule has 0 amide bonds. The zero-order valence-corrected chi connectivity index (χ0v) is 24.1. The van der Waals surface area contributed by atoms with Crippen LogP contribution in [0.2, 0.25) is 30.1 Å². The Morgan fingerprint density at radius 1 is 0.750 bits per heavy atom. The van der Waals surface area contributed by atoms with Crippen molar-refractivity contribution in [3.8, 4) is 11.5 Å². The number of phenols is 1. The van der Waals surface area contributed by atoms with Crippen LogP contribution in [0.15, 0.2) is 42.5 Å². The molecule has 9 heteroatoms. The molecule has 3 aromatic carbocycles. The molecule has 0 spiro atoms. The second-order valence-corrected chi connectivity index (χ2v) is 7.58. The Morgan fingerprint density at radius 2 is 1.25 bits per heavy atom. The van der Waals surface area contributed by atoms with Gasteiger partial charge in [0.2, 0.25) is 0 Å². The summed E-state index contributed by atoms with van der Waals surface area (Å²) in [4.78, 5) is 0. The van der Waals surface area contributed by atoms with Gasteiger partial charge in [-0.25, -0.2) is 0 Å². The molecule has 2 nitrogen and oxygen atoms in total. The summed E-state index contributed by atoms with van der Waals surface area (Å²) in [7, 11) is 0. The molecule has 0 aliphatic rings. The van der Waals surface area contributed by atoms with Gasteiger partial charge in [-0.3, -0.25) is 0 Å². The van der Waals surface area contributed by atoms with E-state index in [0.717, 1.165) is 0 Å². The van der Waals surface area contributed by atoms with Gasteiger partial charge in [0.25, 0.3) is 0 Å². The molecule has 3 rings (SSSR count). The number of benzene rings is 3. The monoisotopic (exact) mass is 682 g/mol. The largest absolute Gasteiger partial charge is 1.00 e. The van der Waals surface area contributed by atoms with E-state index in [9.17, 15) is 10.2 Å². The average Bonchev–Trinajstić information content (AvgIpc) is 2.66. The minimum atomic E-state index is -0.502. The van der Waals surface area contributed by atoms with E-state index >= 15 is 0 Å². The zero-order chi connectivity index (χ0) is 20.1. The third kappa shape index (κ3) is 6.47. The van der Waals surface area contributed by atoms with Gasteiger partial charge < -0.3 is 10.2 Å². The standard InChI is InChI=1S/C13H6Cl6O2.C6H5.Hg/c14-6-2-8(16)12(20)4(10(6)18)1-5-11(19)7(15)3-9(17)13(5)21;1-2-4-6-5-3-1;/h2-3,20-21H,1H2;1-5H;/q;;+1/p-1. The second-order valence-electron chi connectivity index (χ2n) is 5.20. The molecule has 0 heterocycles. The molecule has 0 saturated carbocycles. The van der Waals surface area contributed by atoms with Gasteiger partial charge in [0.05, 0.1) is 25.1 Å². The van der Waals surface area contributed by atoms with Gasteiger partial charge in [-0.05, 0) is 23.8 Å². The average molecular weight is 684 g/mol. The summed E-state index contributed by atoms with van der Waals surface area (Å²) in [6, 6.07) is 15.1. The Balaban J connectivity index is 0.000000478. The van der Waals surface area contributed by atoms with Crippen LogP contribution in [0.3, 0.4) is 0 Å². The Morgan fingerprint density at radius 3 is 1.71 bits per heavy atom. The van der Waals surface area contributed by atoms with Crippen LogP contribution in [0, 0.1) is 6.07 Å². The first-order valence-corrected chi connectivity index (χ1v) is 9.60. The molecule has 0 atom stereocenters. The zero-order valence-electron chi connectivity index (χ0n) is 14.1. The number of aromatic hydroxyl groups is 1. The number of rotatable bonds is 2. The number of halogens is 6. The Bertz CT molecular complexity index is 811. The minimum Gasteiger partial charge on any atom is -0.871 e. The molecule has 0 saturated heterocycles. The van der Waals surface area contributed by atoms with Gasteiger partial charge in [0.1, 0.15) is 5.75 Å². The molecule has 0 aliphatic carbocycles. The van der Waals surface area contributed by atoms with Crippen molar-refractivity contribution in [3.05, 3.63) is 89.8 Å². The third-order valence-corrected chi connectivity index (χ3v) is 5.64. The fourth-order valence-corrected chi connectivity index (χ4v) is 3.52. The first-order valence-electron chi connectivity index (χ1n) is 7.33. The van der Waals surface area contributed by atoms with Crippen LogP contribution in [0.1, 0.15) is 11.1 Å². The normalized spacial score (nSPS) is 9.93. The van der Waals surface area contributed by atoms with Gasteiger partial charge in [0, 0.05) is 17.0 Å². The second kappa shape index (κ2) is 12.0. The predicted octanol–water partition coefficient (Wildman–Crippen LogP) is 7.46. The molecule has 1 N–H and O–H groups in total. The summed E-state index contributed by atoms with van der Waals surface area (Å²) in [6.45, 7) is 0. The predicted molar refractivity (Wildman–Crippen MR) is 112 cm³/mol. The Kier molecular flexibility index (Phi) is 11.1. The van der Waals surface area contributed by atoms with Gasteiger partial charge in [0.15, 0.2) is 0 Å². The van der Waals surface area contributed by atoms with E-state index in [2.05, 4.69) is 6.07 Å². The van der Waals surface area contributed by atoms with Crippen molar-refractivity contribution in [1.82, 2.24) is 0 Å². The molecule has 0 unspecified atom stereocenters. The molecule has 0 aromatic heterocycles. The summed E-state index contributed by atoms with van der Waals surface area (Å²) in [5.41, 5.74) is 0.274. The van der Waals surface area contributed by atoms with Crippen LogP contribution in [-0.4, -0.2) is 5.11 Å². The smallest absolute Gasteiger partial charge is 0.871 e. The molecule has 28 heavy (non-hydrogen) atoms. The SMILES string of the molecule is [Hg+].[O-]c1c(Cl)cc(Cl)c(Cl)c1Cc1c(O)c(Cl)cc(Cl)c1Cl.[c]1ccccc1. The first kappa shape index (κ1) is 26.0. The number of hydrogen-bond acceptors (Lipinski definition) is 2. The van der Waals surface area contributed by atoms with Crippen molar-refractivity contribution in [2.24, 2.45) is 0 Å². The van der Waals surface area contributed by atoms with Crippen molar-refractivity contribution in [1.29, 1.82) is 0 Å². The molecular formula is C19H10Cl6HgO2. The molecule has 142 valence electrons. The van der Waals surface area contributed by atoms with E-state index < -0.39 is 5.75 Å². The maximum Gasteiger partial charge on any atom is 1.00 e. The summed E-state index contributed by atoms with van der Waals surface area (Å²) in [5.74, 6) is -0.782. The summed E-state index contributed by atoms with van der Waals surface area (Å²) in [6.07, 6.45) is -0.108. The van der Waals surface area contributed by atoms with Crippen molar-refractivity contribution < 1.29 is 37.9 Å². The molecule has 3 aromatic rings. The van der Waals surface area contributed by atoms with Crippen LogP contribution in [0.25, 0.3) is 0 Å². The Labute approximate surface area is 213 Å². The van der Waals surface area contributed by atoms with Crippen molar-refractivity contribution in [3.63, 3.8) is 0 Å². The van der Waals surface area contributed by atoms with Gasteiger partial charge in [-0.2, -0.15) is 0 Å². The van der Waals surface area contributed by atoms with Crippen LogP contribution >= 0.6 is 69.6 Å². The number of phenolic OH excluding ortho intramolecular Hbond substituents is 1. The molecule has 0 bridgehead atoms. The Hall–Kier alpha value is -0.0649. The van der Waals surface area contributed by atoms with Crippen LogP contribution < -0.4 is 5.11 Å². The molecule has 0 aliphatic heterocycles. The van der Waals surface area contributed by atoms with E-state index in [0.29, 0.717) is 0 Å². The fourth-order valence-electron chi connectivity index (χ4n) is 2.10. The van der Waals surface area contributed by atoms with Gasteiger partial charge in [-0.1, -0.05) is 106 Å². The van der Waals surface area contributed by atoms with Gasteiger partial charge >= 0.3 is 27.7 Å². The summed E-state index contributed by atoms with van der Waals surface area (Å²) >= 11 is 35.5. The van der Waals surface area contributed by atoms with E-state index in [-0.39, 0.29) is 81.1 Å². The fraction of sp³-hybridized carbons (Fsp3) is 0.0526. The van der Waals surface area contributed by atoms with Gasteiger partial charge in [-0.15, -0.1) is 0 Å². The summed E-state index contributed by atoms with van der Waals surface area (Å²) < 4.78 is 0. The minimum absolute atomic E-state index is 0. The van der Waals surface area contributed by atoms with Crippen molar-refractivity contribution in [2.75, 3.05) is 0 Å². The van der Waals surface area contributed by atoms with E-state index in [1.54, 1.807) is 0 Å². The van der Waals surface area contributed by atoms with Crippen LogP contribution in [0.5, 0.6) is 11.5 Å². The third-order valence-electron chi connectivity index (χ3n) is 3.42. The summed E-state index contributed by atoms with van der Waals surface area (Å²) in [5, 5.41) is 22.4. The van der Waals surface area contributed by atoms with E-state index in [1.165, 1.54) is 12.1 Å². The maximum atomic E-state index is 12.1.